The van der Waals surface area contributed by atoms with E-state index in [-0.39, 0.29) is 54.3 Å². The number of hydroxylamine groups is 1. The number of anilines is 1. The first-order valence-electron chi connectivity index (χ1n) is 18.2. The zero-order chi connectivity index (χ0) is 39.9. The van der Waals surface area contributed by atoms with E-state index in [1.54, 1.807) is 25.1 Å². The molecule has 3 heterocycles. The monoisotopic (exact) mass is 769 g/mol. The van der Waals surface area contributed by atoms with Crippen LogP contribution < -0.4 is 26.2 Å². The summed E-state index contributed by atoms with van der Waals surface area (Å²) < 4.78 is 22.1. The van der Waals surface area contributed by atoms with Crippen molar-refractivity contribution in [1.29, 1.82) is 0 Å². The lowest BCUT2D eigenvalue weighted by Gasteiger charge is -2.27. The summed E-state index contributed by atoms with van der Waals surface area (Å²) in [5.74, 6) is -3.83. The number of ether oxygens (including phenoxy) is 1. The number of amides is 7. The topological polar surface area (TPSA) is 218 Å². The number of halogens is 1. The Morgan fingerprint density at radius 2 is 1.75 bits per heavy atom. The second-order valence-corrected chi connectivity index (χ2v) is 13.5. The fourth-order valence-electron chi connectivity index (χ4n) is 6.77. The number of hydrogen-bond donors (Lipinski definition) is 5. The fourth-order valence-corrected chi connectivity index (χ4v) is 6.77. The van der Waals surface area contributed by atoms with Gasteiger partial charge in [-0.05, 0) is 68.7 Å². The minimum absolute atomic E-state index is 0.00300. The molecule has 16 nitrogen and oxygen atoms in total. The van der Waals surface area contributed by atoms with Crippen molar-refractivity contribution in [3.8, 4) is 5.75 Å². The lowest BCUT2D eigenvalue weighted by molar-refractivity contribution is -0.136. The predicted octanol–water partition coefficient (Wildman–Crippen LogP) is 3.53. The van der Waals surface area contributed by atoms with Gasteiger partial charge in [0.1, 0.15) is 23.4 Å². The van der Waals surface area contributed by atoms with E-state index in [9.17, 15) is 38.0 Å². The Labute approximate surface area is 319 Å². The molecule has 0 aliphatic carbocycles. The van der Waals surface area contributed by atoms with Gasteiger partial charge in [0.25, 0.3) is 23.6 Å². The van der Waals surface area contributed by atoms with E-state index in [0.29, 0.717) is 48.4 Å². The largest absolute Gasteiger partial charge is 0.483 e. The highest BCUT2D eigenvalue weighted by Gasteiger charge is 2.46. The first kappa shape index (κ1) is 39.2. The van der Waals surface area contributed by atoms with Gasteiger partial charge in [0.05, 0.1) is 28.7 Å². The predicted molar refractivity (Wildman–Crippen MR) is 197 cm³/mol. The van der Waals surface area contributed by atoms with E-state index in [1.807, 2.05) is 4.57 Å². The van der Waals surface area contributed by atoms with Gasteiger partial charge < -0.3 is 19.9 Å². The minimum Gasteiger partial charge on any atom is -0.483 e. The summed E-state index contributed by atoms with van der Waals surface area (Å²) in [7, 11) is 0. The van der Waals surface area contributed by atoms with Gasteiger partial charge >= 0.3 is 0 Å². The van der Waals surface area contributed by atoms with E-state index in [1.165, 1.54) is 35.8 Å². The SMILES string of the molecule is Cc1nc2cc(NC(=O)CCCCCCCNC(=O)COc3cccc4c3C(=O)N(C3CCC(=O)NC3=O)C4=O)ccc2n1Cc1ccc(C(=O)NO)cc1F. The number of rotatable bonds is 16. The molecule has 3 aromatic carbocycles. The summed E-state index contributed by atoms with van der Waals surface area (Å²) >= 11 is 0. The first-order valence-corrected chi connectivity index (χ1v) is 18.2. The van der Waals surface area contributed by atoms with E-state index < -0.39 is 47.3 Å². The molecule has 1 saturated heterocycles. The Bertz CT molecular complexity index is 2240. The third-order valence-corrected chi connectivity index (χ3v) is 9.66. The van der Waals surface area contributed by atoms with Crippen LogP contribution in [-0.4, -0.2) is 80.2 Å². The third-order valence-electron chi connectivity index (χ3n) is 9.66. The molecular weight excluding hydrogens is 729 g/mol. The zero-order valence-electron chi connectivity index (χ0n) is 30.5. The number of nitrogens with one attached hydrogen (secondary N) is 4. The van der Waals surface area contributed by atoms with Crippen LogP contribution in [0.3, 0.4) is 0 Å². The summed E-state index contributed by atoms with van der Waals surface area (Å²) in [6, 6.07) is 12.6. The van der Waals surface area contributed by atoms with Crippen molar-refractivity contribution < 1.29 is 47.9 Å². The summed E-state index contributed by atoms with van der Waals surface area (Å²) in [6.45, 7) is 1.97. The quantitative estimate of drug-likeness (QED) is 0.0483. The van der Waals surface area contributed by atoms with Crippen molar-refractivity contribution >= 4 is 58.1 Å². The van der Waals surface area contributed by atoms with Crippen LogP contribution in [0, 0.1) is 12.7 Å². The normalized spacial score (nSPS) is 15.1. The van der Waals surface area contributed by atoms with Gasteiger partial charge in [-0.1, -0.05) is 31.4 Å². The molecule has 0 spiro atoms. The molecule has 7 amide bonds. The zero-order valence-corrected chi connectivity index (χ0v) is 30.5. The molecule has 0 saturated carbocycles. The van der Waals surface area contributed by atoms with Crippen LogP contribution in [-0.2, 0) is 25.7 Å². The Hall–Kier alpha value is -6.49. The van der Waals surface area contributed by atoms with Crippen molar-refractivity contribution in [2.24, 2.45) is 0 Å². The maximum absolute atomic E-state index is 14.7. The second kappa shape index (κ2) is 17.3. The standard InChI is InChI=1S/C39H40FN7O9/c1-22-42-28-19-25(13-14-29(28)46(22)20-24-12-11-23(18-27(24)40)36(51)45-55)43-32(48)10-5-3-2-4-6-17-41-34(50)21-56-31-9-7-8-26-35(31)39(54)47(38(26)53)30-15-16-33(49)44-37(30)52/h7-9,11-14,18-19,30,55H,2-6,10,15-17,20-21H2,1H3,(H,41,50)(H,43,48)(H,45,51)(H,44,49,52). The number of unbranched alkanes of at least 4 members (excludes halogenated alkanes) is 4. The van der Waals surface area contributed by atoms with Crippen LogP contribution in [0.5, 0.6) is 5.75 Å². The Morgan fingerprint density at radius 3 is 2.52 bits per heavy atom. The average molecular weight is 770 g/mol. The number of piperidine rings is 1. The number of imide groups is 2. The van der Waals surface area contributed by atoms with Gasteiger partial charge in [-0.3, -0.25) is 49.0 Å². The van der Waals surface area contributed by atoms with Gasteiger partial charge in [0.2, 0.25) is 17.7 Å². The molecule has 1 aromatic heterocycles. The second-order valence-electron chi connectivity index (χ2n) is 13.5. The molecule has 1 unspecified atom stereocenters. The Kier molecular flexibility index (Phi) is 12.1. The van der Waals surface area contributed by atoms with Gasteiger partial charge in [0.15, 0.2) is 6.61 Å². The fraction of sp³-hybridized carbons (Fsp3) is 0.333. The molecule has 5 N–H and O–H groups in total. The molecule has 4 aromatic rings. The molecule has 6 rings (SSSR count). The molecule has 0 bridgehead atoms. The van der Waals surface area contributed by atoms with Crippen molar-refractivity contribution in [2.45, 2.75) is 70.9 Å². The van der Waals surface area contributed by atoms with Crippen molar-refractivity contribution in [3.63, 3.8) is 0 Å². The average Bonchev–Trinajstić information content (AvgIpc) is 3.62. The number of aryl methyl sites for hydroxylation is 1. The van der Waals surface area contributed by atoms with E-state index in [0.717, 1.165) is 35.7 Å². The number of hydrogen-bond acceptors (Lipinski definition) is 10. The molecule has 0 radical (unpaired) electrons. The van der Waals surface area contributed by atoms with Crippen LogP contribution in [0.15, 0.2) is 54.6 Å². The van der Waals surface area contributed by atoms with Crippen LogP contribution >= 0.6 is 0 Å². The van der Waals surface area contributed by atoms with Gasteiger partial charge in [-0.15, -0.1) is 0 Å². The number of carbonyl (C=O) groups excluding carboxylic acids is 7. The number of benzene rings is 3. The number of fused-ring (bicyclic) bond motifs is 2. The molecule has 17 heteroatoms. The van der Waals surface area contributed by atoms with Crippen molar-refractivity contribution in [1.82, 2.24) is 30.6 Å². The highest BCUT2D eigenvalue weighted by molar-refractivity contribution is 6.24. The molecule has 56 heavy (non-hydrogen) atoms. The summed E-state index contributed by atoms with van der Waals surface area (Å²) in [6.07, 6.45) is 4.24. The summed E-state index contributed by atoms with van der Waals surface area (Å²) in [5.41, 5.74) is 3.81. The lowest BCUT2D eigenvalue weighted by atomic mass is 10.0. The number of carbonyl (C=O) groups is 7. The van der Waals surface area contributed by atoms with Crippen LogP contribution in [0.1, 0.15) is 93.8 Å². The molecule has 1 fully saturated rings. The number of imidazole rings is 1. The minimum atomic E-state index is -1.11. The Morgan fingerprint density at radius 1 is 0.964 bits per heavy atom. The van der Waals surface area contributed by atoms with Crippen LogP contribution in [0.4, 0.5) is 10.1 Å². The van der Waals surface area contributed by atoms with E-state index in [4.69, 9.17) is 9.94 Å². The van der Waals surface area contributed by atoms with Crippen molar-refractivity contribution in [3.05, 3.63) is 88.5 Å². The Balaban J connectivity index is 0.874. The van der Waals surface area contributed by atoms with E-state index in [2.05, 4.69) is 20.9 Å². The molecule has 1 atom stereocenters. The maximum atomic E-state index is 14.7. The van der Waals surface area contributed by atoms with Gasteiger partial charge in [-0.25, -0.2) is 14.9 Å². The number of aromatic nitrogens is 2. The van der Waals surface area contributed by atoms with E-state index >= 15 is 0 Å². The third kappa shape index (κ3) is 8.73. The van der Waals surface area contributed by atoms with Crippen LogP contribution in [0.2, 0.25) is 0 Å². The summed E-state index contributed by atoms with van der Waals surface area (Å²) in [4.78, 5) is 92.1. The maximum Gasteiger partial charge on any atom is 0.274 e. The molecular formula is C39H40FN7O9. The van der Waals surface area contributed by atoms with Gasteiger partial charge in [0, 0.05) is 36.2 Å². The lowest BCUT2D eigenvalue weighted by Crippen LogP contribution is -2.54. The molecule has 2 aliphatic rings. The molecule has 292 valence electrons. The molecule has 2 aliphatic heterocycles. The number of nitrogens with zero attached hydrogens (tertiary/aromatic N) is 3. The van der Waals surface area contributed by atoms with Crippen LogP contribution in [0.25, 0.3) is 11.0 Å². The summed E-state index contributed by atoms with van der Waals surface area (Å²) in [5, 5.41) is 16.6. The highest BCUT2D eigenvalue weighted by Crippen LogP contribution is 2.33. The van der Waals surface area contributed by atoms with Crippen molar-refractivity contribution in [2.75, 3.05) is 18.5 Å². The smallest absolute Gasteiger partial charge is 0.274 e. The van der Waals surface area contributed by atoms with Gasteiger partial charge in [-0.2, -0.15) is 0 Å². The highest BCUT2D eigenvalue weighted by atomic mass is 19.1. The first-order chi connectivity index (χ1) is 26.9.